The molecule has 5 heteroatoms. The van der Waals surface area contributed by atoms with E-state index in [4.69, 9.17) is 4.74 Å². The van der Waals surface area contributed by atoms with E-state index in [0.717, 1.165) is 32.2 Å². The molecule has 1 rings (SSSR count). The molecule has 0 spiro atoms. The van der Waals surface area contributed by atoms with E-state index in [-0.39, 0.29) is 17.8 Å². The van der Waals surface area contributed by atoms with Crippen molar-refractivity contribution in [2.24, 2.45) is 11.8 Å². The molecule has 2 N–H and O–H groups in total. The van der Waals surface area contributed by atoms with E-state index < -0.39 is 0 Å². The maximum absolute atomic E-state index is 11.8. The van der Waals surface area contributed by atoms with Crippen molar-refractivity contribution in [3.05, 3.63) is 0 Å². The molecule has 1 aliphatic carbocycles. The predicted octanol–water partition coefficient (Wildman–Crippen LogP) is 1.86. The van der Waals surface area contributed by atoms with Crippen LogP contribution in [0.5, 0.6) is 0 Å². The Balaban J connectivity index is 2.19. The molecule has 1 fully saturated rings. The quantitative estimate of drug-likeness (QED) is 0.671. The fourth-order valence-electron chi connectivity index (χ4n) is 2.65. The normalized spacial score (nSPS) is 22.1. The van der Waals surface area contributed by atoms with Crippen LogP contribution in [0.25, 0.3) is 0 Å². The van der Waals surface area contributed by atoms with E-state index in [2.05, 4.69) is 24.5 Å². The van der Waals surface area contributed by atoms with Crippen LogP contribution >= 0.6 is 0 Å². The second-order valence-corrected chi connectivity index (χ2v) is 6.21. The van der Waals surface area contributed by atoms with Crippen LogP contribution in [0.4, 0.5) is 0 Å². The van der Waals surface area contributed by atoms with Crippen LogP contribution < -0.4 is 10.6 Å². The Morgan fingerprint density at radius 1 is 1.29 bits per heavy atom. The molecule has 2 unspecified atom stereocenters. The first-order valence-corrected chi connectivity index (χ1v) is 8.19. The van der Waals surface area contributed by atoms with Gasteiger partial charge in [-0.1, -0.05) is 20.3 Å². The number of hydrogen-bond acceptors (Lipinski definition) is 4. The lowest BCUT2D eigenvalue weighted by molar-refractivity contribution is -0.149. The molecule has 1 aliphatic rings. The van der Waals surface area contributed by atoms with E-state index in [1.807, 2.05) is 6.92 Å². The molecule has 0 aromatic heterocycles. The van der Waals surface area contributed by atoms with Gasteiger partial charge in [0.05, 0.1) is 12.5 Å². The van der Waals surface area contributed by atoms with E-state index in [1.165, 1.54) is 0 Å². The molecule has 0 heterocycles. The SMILES string of the molecule is CCOC(=O)C1CCCC(NCCC(=O)NCC(C)C)C1. The number of hydrogen-bond donors (Lipinski definition) is 2. The third-order valence-corrected chi connectivity index (χ3v) is 3.79. The third kappa shape index (κ3) is 7.46. The Morgan fingerprint density at radius 3 is 2.71 bits per heavy atom. The van der Waals surface area contributed by atoms with E-state index >= 15 is 0 Å². The Labute approximate surface area is 128 Å². The minimum atomic E-state index is -0.0707. The Morgan fingerprint density at radius 2 is 2.05 bits per heavy atom. The number of carbonyl (C=O) groups excluding carboxylic acids is 2. The minimum Gasteiger partial charge on any atom is -0.466 e. The third-order valence-electron chi connectivity index (χ3n) is 3.79. The first-order valence-electron chi connectivity index (χ1n) is 8.19. The van der Waals surface area contributed by atoms with Crippen molar-refractivity contribution in [2.45, 2.75) is 58.9 Å². The highest BCUT2D eigenvalue weighted by Gasteiger charge is 2.27. The molecule has 1 saturated carbocycles. The van der Waals surface area contributed by atoms with Gasteiger partial charge in [-0.3, -0.25) is 9.59 Å². The average molecular weight is 298 g/mol. The number of rotatable bonds is 8. The highest BCUT2D eigenvalue weighted by molar-refractivity contribution is 5.76. The van der Waals surface area contributed by atoms with Gasteiger partial charge in [0, 0.05) is 25.6 Å². The van der Waals surface area contributed by atoms with Gasteiger partial charge in [0.2, 0.25) is 5.91 Å². The van der Waals surface area contributed by atoms with Crippen molar-refractivity contribution >= 4 is 11.9 Å². The smallest absolute Gasteiger partial charge is 0.308 e. The number of esters is 1. The van der Waals surface area contributed by atoms with Crippen molar-refractivity contribution in [3.63, 3.8) is 0 Å². The summed E-state index contributed by atoms with van der Waals surface area (Å²) >= 11 is 0. The lowest BCUT2D eigenvalue weighted by Gasteiger charge is -2.28. The van der Waals surface area contributed by atoms with Gasteiger partial charge < -0.3 is 15.4 Å². The molecule has 0 aliphatic heterocycles. The van der Waals surface area contributed by atoms with Gasteiger partial charge >= 0.3 is 5.97 Å². The zero-order valence-electron chi connectivity index (χ0n) is 13.6. The Kier molecular flexibility index (Phi) is 8.35. The Hall–Kier alpha value is -1.10. The van der Waals surface area contributed by atoms with Crippen LogP contribution in [0.2, 0.25) is 0 Å². The first-order chi connectivity index (χ1) is 10.0. The summed E-state index contributed by atoms with van der Waals surface area (Å²) in [6.07, 6.45) is 4.36. The van der Waals surface area contributed by atoms with Crippen LogP contribution in [0.15, 0.2) is 0 Å². The van der Waals surface area contributed by atoms with E-state index in [9.17, 15) is 9.59 Å². The molecule has 0 bridgehead atoms. The van der Waals surface area contributed by atoms with Crippen LogP contribution in [-0.4, -0.2) is 37.6 Å². The average Bonchev–Trinajstić information content (AvgIpc) is 2.46. The molecule has 2 atom stereocenters. The van der Waals surface area contributed by atoms with Gasteiger partial charge in [-0.25, -0.2) is 0 Å². The van der Waals surface area contributed by atoms with Gasteiger partial charge in [-0.05, 0) is 32.1 Å². The monoisotopic (exact) mass is 298 g/mol. The number of carbonyl (C=O) groups is 2. The summed E-state index contributed by atoms with van der Waals surface area (Å²) in [6.45, 7) is 7.85. The zero-order chi connectivity index (χ0) is 15.7. The summed E-state index contributed by atoms with van der Waals surface area (Å²) < 4.78 is 5.10. The molecular formula is C16H30N2O3. The number of ether oxygens (including phenoxy) is 1. The van der Waals surface area contributed by atoms with E-state index in [0.29, 0.717) is 31.5 Å². The summed E-state index contributed by atoms with van der Waals surface area (Å²) in [5.41, 5.74) is 0. The van der Waals surface area contributed by atoms with Gasteiger partial charge in [0.25, 0.3) is 0 Å². The van der Waals surface area contributed by atoms with Crippen molar-refractivity contribution in [2.75, 3.05) is 19.7 Å². The minimum absolute atomic E-state index is 0.0194. The molecule has 0 saturated heterocycles. The Bertz CT molecular complexity index is 331. The summed E-state index contributed by atoms with van der Waals surface area (Å²) in [7, 11) is 0. The van der Waals surface area contributed by atoms with Gasteiger partial charge in [0.1, 0.15) is 0 Å². The molecule has 1 amide bonds. The van der Waals surface area contributed by atoms with Gasteiger partial charge in [0.15, 0.2) is 0 Å². The summed E-state index contributed by atoms with van der Waals surface area (Å²) in [6, 6.07) is 0.325. The molecule has 21 heavy (non-hydrogen) atoms. The maximum atomic E-state index is 11.8. The first kappa shape index (κ1) is 18.0. The van der Waals surface area contributed by atoms with Crippen molar-refractivity contribution in [1.82, 2.24) is 10.6 Å². The highest BCUT2D eigenvalue weighted by Crippen LogP contribution is 2.25. The second kappa shape index (κ2) is 9.77. The predicted molar refractivity (Wildman–Crippen MR) is 82.8 cm³/mol. The van der Waals surface area contributed by atoms with Crippen LogP contribution in [0, 0.1) is 11.8 Å². The summed E-state index contributed by atoms with van der Waals surface area (Å²) in [5, 5.41) is 6.31. The molecule has 0 aromatic carbocycles. The maximum Gasteiger partial charge on any atom is 0.308 e. The standard InChI is InChI=1S/C16H30N2O3/c1-4-21-16(20)13-6-5-7-14(10-13)17-9-8-15(19)18-11-12(2)3/h12-14,17H,4-11H2,1-3H3,(H,18,19). The van der Waals surface area contributed by atoms with E-state index in [1.54, 1.807) is 0 Å². The fraction of sp³-hybridized carbons (Fsp3) is 0.875. The topological polar surface area (TPSA) is 67.4 Å². The van der Waals surface area contributed by atoms with Gasteiger partial charge in [-0.15, -0.1) is 0 Å². The lowest BCUT2D eigenvalue weighted by Crippen LogP contribution is -2.39. The summed E-state index contributed by atoms with van der Waals surface area (Å²) in [4.78, 5) is 23.4. The molecule has 122 valence electrons. The lowest BCUT2D eigenvalue weighted by atomic mass is 9.85. The van der Waals surface area contributed by atoms with Crippen molar-refractivity contribution < 1.29 is 14.3 Å². The molecular weight excluding hydrogens is 268 g/mol. The summed E-state index contributed by atoms with van der Waals surface area (Å²) in [5.74, 6) is 0.518. The largest absolute Gasteiger partial charge is 0.466 e. The number of amides is 1. The van der Waals surface area contributed by atoms with Crippen molar-refractivity contribution in [3.8, 4) is 0 Å². The fourth-order valence-corrected chi connectivity index (χ4v) is 2.65. The second-order valence-electron chi connectivity index (χ2n) is 6.21. The zero-order valence-corrected chi connectivity index (χ0v) is 13.6. The van der Waals surface area contributed by atoms with Crippen LogP contribution in [0.1, 0.15) is 52.9 Å². The molecule has 0 aromatic rings. The van der Waals surface area contributed by atoms with Crippen molar-refractivity contribution in [1.29, 1.82) is 0 Å². The van der Waals surface area contributed by atoms with Gasteiger partial charge in [-0.2, -0.15) is 0 Å². The van der Waals surface area contributed by atoms with Crippen LogP contribution in [0.3, 0.4) is 0 Å². The van der Waals surface area contributed by atoms with Crippen LogP contribution in [-0.2, 0) is 14.3 Å². The number of nitrogens with one attached hydrogen (secondary N) is 2. The molecule has 5 nitrogen and oxygen atoms in total. The molecule has 0 radical (unpaired) electrons. The highest BCUT2D eigenvalue weighted by atomic mass is 16.5.